The normalized spacial score (nSPS) is 16.9. The summed E-state index contributed by atoms with van der Waals surface area (Å²) in [6.07, 6.45) is 3.29. The molecular formula is C16H11N3O4S. The van der Waals surface area contributed by atoms with Crippen LogP contribution in [-0.2, 0) is 11.2 Å². The SMILES string of the molecule is O=C(O)C1CCc2sc3nc(-c4ccc5[nH]c(=O)oc5c4)cn3c21. The molecule has 2 N–H and O–H groups in total. The van der Waals surface area contributed by atoms with Gasteiger partial charge in [0.05, 0.1) is 22.8 Å². The standard InChI is InChI=1S/C16H11N3O4S/c20-14(21)8-2-4-12-13(8)19-6-10(17-15(19)24-12)7-1-3-9-11(5-7)23-16(22)18-9/h1,3,5-6,8H,2,4H2,(H,18,22)(H,20,21). The van der Waals surface area contributed by atoms with Crippen LogP contribution in [0.15, 0.2) is 33.6 Å². The number of carboxylic acids is 1. The second-order valence-corrected chi connectivity index (χ2v) is 6.91. The van der Waals surface area contributed by atoms with E-state index in [0.717, 1.165) is 33.2 Å². The van der Waals surface area contributed by atoms with E-state index in [-0.39, 0.29) is 0 Å². The third-order valence-electron chi connectivity index (χ3n) is 4.44. The summed E-state index contributed by atoms with van der Waals surface area (Å²) in [5, 5.41) is 9.41. The van der Waals surface area contributed by atoms with Gasteiger partial charge in [-0.25, -0.2) is 9.78 Å². The zero-order chi connectivity index (χ0) is 16.4. The van der Waals surface area contributed by atoms with E-state index in [1.165, 1.54) is 11.3 Å². The predicted octanol–water partition coefficient (Wildman–Crippen LogP) is 2.61. The quantitative estimate of drug-likeness (QED) is 0.584. The number of H-pyrrole nitrogens is 1. The average molecular weight is 341 g/mol. The van der Waals surface area contributed by atoms with Gasteiger partial charge in [-0.3, -0.25) is 14.2 Å². The molecule has 0 fully saturated rings. The van der Waals surface area contributed by atoms with Gasteiger partial charge in [-0.2, -0.15) is 0 Å². The van der Waals surface area contributed by atoms with Crippen molar-refractivity contribution in [1.82, 2.24) is 14.4 Å². The van der Waals surface area contributed by atoms with Crippen molar-refractivity contribution in [3.63, 3.8) is 0 Å². The number of aliphatic carboxylic acids is 1. The van der Waals surface area contributed by atoms with Gasteiger partial charge in [0, 0.05) is 16.6 Å². The molecule has 1 unspecified atom stereocenters. The lowest BCUT2D eigenvalue weighted by Crippen LogP contribution is -2.09. The lowest BCUT2D eigenvalue weighted by atomic mass is 10.1. The van der Waals surface area contributed by atoms with Gasteiger partial charge in [0.2, 0.25) is 0 Å². The minimum absolute atomic E-state index is 0.471. The Labute approximate surface area is 138 Å². The van der Waals surface area contributed by atoms with E-state index in [0.29, 0.717) is 17.5 Å². The van der Waals surface area contributed by atoms with Gasteiger partial charge in [0.25, 0.3) is 0 Å². The number of carboxylic acid groups (broad SMARTS) is 1. The number of oxazole rings is 1. The highest BCUT2D eigenvalue weighted by molar-refractivity contribution is 7.17. The molecule has 3 heterocycles. The van der Waals surface area contributed by atoms with Crippen molar-refractivity contribution in [2.45, 2.75) is 18.8 Å². The number of nitrogens with zero attached hydrogens (tertiary/aromatic N) is 2. The molecule has 0 aliphatic heterocycles. The van der Waals surface area contributed by atoms with Gasteiger partial charge >= 0.3 is 11.7 Å². The zero-order valence-electron chi connectivity index (χ0n) is 12.3. The number of thiazole rings is 1. The molecule has 5 rings (SSSR count). The fourth-order valence-corrected chi connectivity index (χ4v) is 4.52. The van der Waals surface area contributed by atoms with E-state index < -0.39 is 17.6 Å². The van der Waals surface area contributed by atoms with Crippen LogP contribution in [-0.4, -0.2) is 25.4 Å². The molecule has 1 aromatic carbocycles. The number of hydrogen-bond donors (Lipinski definition) is 2. The molecule has 3 aromatic heterocycles. The summed E-state index contributed by atoms with van der Waals surface area (Å²) in [7, 11) is 0. The molecule has 0 radical (unpaired) electrons. The van der Waals surface area contributed by atoms with Gasteiger partial charge in [-0.1, -0.05) is 6.07 Å². The van der Waals surface area contributed by atoms with E-state index >= 15 is 0 Å². The van der Waals surface area contributed by atoms with Crippen molar-refractivity contribution >= 4 is 33.4 Å². The summed E-state index contributed by atoms with van der Waals surface area (Å²) < 4.78 is 6.97. The first-order chi connectivity index (χ1) is 11.6. The third-order valence-corrected chi connectivity index (χ3v) is 5.57. The molecular weight excluding hydrogens is 330 g/mol. The minimum Gasteiger partial charge on any atom is -0.481 e. The molecule has 8 heteroatoms. The summed E-state index contributed by atoms with van der Waals surface area (Å²) in [5.74, 6) is -1.75. The number of benzene rings is 1. The average Bonchev–Trinajstić information content (AvgIpc) is 3.23. The van der Waals surface area contributed by atoms with Crippen molar-refractivity contribution in [3.8, 4) is 11.3 Å². The molecule has 0 bridgehead atoms. The van der Waals surface area contributed by atoms with Crippen LogP contribution in [0.3, 0.4) is 0 Å². The highest BCUT2D eigenvalue weighted by Crippen LogP contribution is 2.40. The van der Waals surface area contributed by atoms with Crippen LogP contribution in [0.1, 0.15) is 22.9 Å². The Hall–Kier alpha value is -2.87. The number of fused-ring (bicyclic) bond motifs is 4. The monoisotopic (exact) mass is 341 g/mol. The minimum atomic E-state index is -0.792. The Morgan fingerprint density at radius 3 is 3.17 bits per heavy atom. The Bertz CT molecular complexity index is 1180. The Morgan fingerprint density at radius 2 is 2.33 bits per heavy atom. The number of hydrogen-bond acceptors (Lipinski definition) is 5. The van der Waals surface area contributed by atoms with E-state index in [4.69, 9.17) is 4.42 Å². The molecule has 0 amide bonds. The van der Waals surface area contributed by atoms with Crippen molar-refractivity contribution in [2.24, 2.45) is 0 Å². The van der Waals surface area contributed by atoms with Crippen LogP contribution >= 0.6 is 11.3 Å². The zero-order valence-corrected chi connectivity index (χ0v) is 13.1. The van der Waals surface area contributed by atoms with Crippen molar-refractivity contribution in [1.29, 1.82) is 0 Å². The summed E-state index contributed by atoms with van der Waals surface area (Å²) in [4.78, 5) is 31.8. The van der Waals surface area contributed by atoms with E-state index in [1.54, 1.807) is 12.1 Å². The van der Waals surface area contributed by atoms with Crippen molar-refractivity contribution in [3.05, 3.63) is 45.5 Å². The van der Waals surface area contributed by atoms with E-state index in [2.05, 4.69) is 9.97 Å². The summed E-state index contributed by atoms with van der Waals surface area (Å²) in [6, 6.07) is 5.39. The molecule has 1 aliphatic rings. The number of nitrogens with one attached hydrogen (secondary N) is 1. The van der Waals surface area contributed by atoms with Crippen LogP contribution in [0, 0.1) is 0 Å². The Kier molecular flexibility index (Phi) is 2.58. The first-order valence-electron chi connectivity index (χ1n) is 7.47. The number of imidazole rings is 1. The van der Waals surface area contributed by atoms with Gasteiger partial charge in [0.15, 0.2) is 10.5 Å². The van der Waals surface area contributed by atoms with Gasteiger partial charge in [0.1, 0.15) is 0 Å². The predicted molar refractivity (Wildman–Crippen MR) is 87.6 cm³/mol. The molecule has 0 saturated carbocycles. The first kappa shape index (κ1) is 13.6. The summed E-state index contributed by atoms with van der Waals surface area (Å²) in [5.41, 5.74) is 3.50. The van der Waals surface area contributed by atoms with Crippen LogP contribution in [0.4, 0.5) is 0 Å². The van der Waals surface area contributed by atoms with Crippen LogP contribution in [0.2, 0.25) is 0 Å². The van der Waals surface area contributed by atoms with Gasteiger partial charge < -0.3 is 9.52 Å². The lowest BCUT2D eigenvalue weighted by molar-refractivity contribution is -0.138. The second-order valence-electron chi connectivity index (χ2n) is 5.84. The number of rotatable bonds is 2. The maximum Gasteiger partial charge on any atom is 0.417 e. The smallest absolute Gasteiger partial charge is 0.417 e. The molecule has 7 nitrogen and oxygen atoms in total. The highest BCUT2D eigenvalue weighted by atomic mass is 32.1. The van der Waals surface area contributed by atoms with Crippen molar-refractivity contribution in [2.75, 3.05) is 0 Å². The fraction of sp³-hybridized carbons (Fsp3) is 0.188. The molecule has 1 aliphatic carbocycles. The second kappa shape index (κ2) is 4.57. The maximum atomic E-state index is 11.5. The van der Waals surface area contributed by atoms with E-state index in [9.17, 15) is 14.7 Å². The Balaban J connectivity index is 1.67. The van der Waals surface area contributed by atoms with Gasteiger partial charge in [-0.15, -0.1) is 11.3 Å². The lowest BCUT2D eigenvalue weighted by Gasteiger charge is -2.03. The van der Waals surface area contributed by atoms with Gasteiger partial charge in [-0.05, 0) is 25.0 Å². The van der Waals surface area contributed by atoms with Crippen molar-refractivity contribution < 1.29 is 14.3 Å². The molecule has 1 atom stereocenters. The summed E-state index contributed by atoms with van der Waals surface area (Å²) >= 11 is 1.54. The molecule has 24 heavy (non-hydrogen) atoms. The van der Waals surface area contributed by atoms with Crippen LogP contribution in [0.25, 0.3) is 27.3 Å². The first-order valence-corrected chi connectivity index (χ1v) is 8.28. The Morgan fingerprint density at radius 1 is 1.46 bits per heavy atom. The fourth-order valence-electron chi connectivity index (χ4n) is 3.34. The number of carbonyl (C=O) groups is 1. The van der Waals surface area contributed by atoms with Crippen LogP contribution in [0.5, 0.6) is 0 Å². The molecule has 0 spiro atoms. The molecule has 4 aromatic rings. The molecule has 120 valence electrons. The molecule has 0 saturated heterocycles. The maximum absolute atomic E-state index is 11.5. The van der Waals surface area contributed by atoms with Crippen LogP contribution < -0.4 is 5.76 Å². The number of aromatic nitrogens is 3. The highest BCUT2D eigenvalue weighted by Gasteiger charge is 2.33. The summed E-state index contributed by atoms with van der Waals surface area (Å²) in [6.45, 7) is 0. The topological polar surface area (TPSA) is 101 Å². The third kappa shape index (κ3) is 1.80. The largest absolute Gasteiger partial charge is 0.481 e. The number of aromatic amines is 1. The number of aryl methyl sites for hydroxylation is 1. The van der Waals surface area contributed by atoms with E-state index in [1.807, 2.05) is 16.7 Å².